The van der Waals surface area contributed by atoms with Crippen LogP contribution in [0.3, 0.4) is 0 Å². The van der Waals surface area contributed by atoms with Gasteiger partial charge < -0.3 is 19.5 Å². The maximum atomic E-state index is 14.1. The molecule has 17 heteroatoms. The first kappa shape index (κ1) is 36.0. The number of hydrogen-bond acceptors (Lipinski definition) is 11. The molecular weight excluding hydrogens is 684 g/mol. The Morgan fingerprint density at radius 2 is 1.80 bits per heavy atom. The van der Waals surface area contributed by atoms with Gasteiger partial charge in [0.15, 0.2) is 0 Å². The molecule has 2 fully saturated rings. The monoisotopic (exact) mass is 725 g/mol. The maximum Gasteiger partial charge on any atom is 0.417 e. The molecule has 2 saturated heterocycles. The van der Waals surface area contributed by atoms with Gasteiger partial charge in [0, 0.05) is 98.6 Å². The number of alkyl halides is 3. The first-order valence-corrected chi connectivity index (χ1v) is 19.3. The summed E-state index contributed by atoms with van der Waals surface area (Å²) >= 11 is 1.15. The zero-order valence-electron chi connectivity index (χ0n) is 27.4. The number of ether oxygens (including phenoxy) is 2. The summed E-state index contributed by atoms with van der Waals surface area (Å²) in [6.45, 7) is 5.65. The molecule has 6 rings (SSSR count). The number of morpholine rings is 1. The van der Waals surface area contributed by atoms with Crippen LogP contribution < -0.4 is 4.74 Å². The van der Waals surface area contributed by atoms with E-state index in [0.29, 0.717) is 61.3 Å². The van der Waals surface area contributed by atoms with Crippen LogP contribution in [-0.2, 0) is 40.4 Å². The number of fused-ring (bicyclic) bond motifs is 1. The van der Waals surface area contributed by atoms with E-state index in [0.717, 1.165) is 68.8 Å². The molecule has 3 aliphatic rings. The lowest BCUT2D eigenvalue weighted by Crippen LogP contribution is -2.43. The molecule has 0 aliphatic carbocycles. The quantitative estimate of drug-likeness (QED) is 0.277. The minimum atomic E-state index is -4.54. The molecule has 0 spiro atoms. The highest BCUT2D eigenvalue weighted by molar-refractivity contribution is 7.99. The van der Waals surface area contributed by atoms with Crippen molar-refractivity contribution in [3.05, 3.63) is 53.5 Å². The fraction of sp³-hybridized carbons (Fsp3) is 0.594. The van der Waals surface area contributed by atoms with E-state index in [4.69, 9.17) is 14.6 Å². The van der Waals surface area contributed by atoms with Crippen molar-refractivity contribution in [2.45, 2.75) is 55.6 Å². The molecular formula is C32H42F3N7O5S2. The molecule has 0 bridgehead atoms. The molecule has 3 aliphatic heterocycles. The number of hydrogen-bond donors (Lipinski definition) is 1. The van der Waals surface area contributed by atoms with E-state index >= 15 is 0 Å². The van der Waals surface area contributed by atoms with Crippen molar-refractivity contribution >= 4 is 21.8 Å². The minimum Gasteiger partial charge on any atom is -0.460 e. The Kier molecular flexibility index (Phi) is 11.5. The number of piperidine rings is 1. The van der Waals surface area contributed by atoms with Crippen LogP contribution in [-0.4, -0.2) is 131 Å². The summed E-state index contributed by atoms with van der Waals surface area (Å²) in [5.74, 6) is 0.469. The molecule has 5 heterocycles. The topological polar surface area (TPSA) is 126 Å². The van der Waals surface area contributed by atoms with Gasteiger partial charge in [-0.05, 0) is 31.0 Å². The second kappa shape index (κ2) is 15.6. The number of β-amino-alcohol motifs (C(OH)–C–C–N with tert-alkyl or cyclic N) is 1. The second-order valence-electron chi connectivity index (χ2n) is 12.6. The summed E-state index contributed by atoms with van der Waals surface area (Å²) in [7, 11) is -3.53. The summed E-state index contributed by atoms with van der Waals surface area (Å²) in [4.78, 5) is 12.7. The van der Waals surface area contributed by atoms with E-state index in [1.807, 2.05) is 0 Å². The summed E-state index contributed by atoms with van der Waals surface area (Å²) in [6.07, 6.45) is 0.973. The van der Waals surface area contributed by atoms with Gasteiger partial charge in [-0.15, -0.1) is 11.8 Å². The normalized spacial score (nSPS) is 19.5. The number of aliphatic hydroxyl groups is 1. The first-order chi connectivity index (χ1) is 23.4. The highest BCUT2D eigenvalue weighted by Gasteiger charge is 2.35. The zero-order chi connectivity index (χ0) is 34.6. The molecule has 1 aromatic carbocycles. The third-order valence-electron chi connectivity index (χ3n) is 9.10. The summed E-state index contributed by atoms with van der Waals surface area (Å²) in [5.41, 5.74) is 1.63. The van der Waals surface area contributed by atoms with Crippen LogP contribution in [0.25, 0.3) is 11.3 Å². The van der Waals surface area contributed by atoms with Crippen molar-refractivity contribution in [2.24, 2.45) is 0 Å². The maximum absolute atomic E-state index is 14.1. The fourth-order valence-corrected chi connectivity index (χ4v) is 8.43. The van der Waals surface area contributed by atoms with Crippen molar-refractivity contribution < 1.29 is 36.2 Å². The summed E-state index contributed by atoms with van der Waals surface area (Å²) in [6, 6.07) is 6.09. The molecule has 3 aromatic rings. The Hall–Kier alpha value is -2.80. The molecule has 0 radical (unpaired) electrons. The van der Waals surface area contributed by atoms with Crippen molar-refractivity contribution in [1.82, 2.24) is 33.9 Å². The molecule has 1 atom stereocenters. The van der Waals surface area contributed by atoms with Crippen molar-refractivity contribution in [3.8, 4) is 17.3 Å². The minimum absolute atomic E-state index is 0.0135. The molecule has 268 valence electrons. The third-order valence-corrected chi connectivity index (χ3v) is 11.4. The van der Waals surface area contributed by atoms with Gasteiger partial charge in [-0.3, -0.25) is 9.58 Å². The van der Waals surface area contributed by atoms with Crippen LogP contribution in [0.15, 0.2) is 41.6 Å². The Morgan fingerprint density at radius 3 is 2.49 bits per heavy atom. The Labute approximate surface area is 288 Å². The molecule has 12 nitrogen and oxygen atoms in total. The first-order valence-electron chi connectivity index (χ1n) is 16.5. The van der Waals surface area contributed by atoms with Crippen molar-refractivity contribution in [2.75, 3.05) is 71.0 Å². The van der Waals surface area contributed by atoms with Crippen LogP contribution >= 0.6 is 11.8 Å². The van der Waals surface area contributed by atoms with Crippen molar-refractivity contribution in [1.29, 1.82) is 0 Å². The number of thioether (sulfide) groups is 1. The average Bonchev–Trinajstić information content (AvgIpc) is 3.43. The molecule has 1 N–H and O–H groups in total. The molecule has 0 amide bonds. The van der Waals surface area contributed by atoms with E-state index in [2.05, 4.69) is 19.8 Å². The smallest absolute Gasteiger partial charge is 0.417 e. The third kappa shape index (κ3) is 9.31. The van der Waals surface area contributed by atoms with E-state index in [-0.39, 0.29) is 30.6 Å². The van der Waals surface area contributed by atoms with E-state index in [9.17, 15) is 26.7 Å². The lowest BCUT2D eigenvalue weighted by molar-refractivity contribution is -0.139. The number of rotatable bonds is 12. The Morgan fingerprint density at radius 1 is 1.06 bits per heavy atom. The number of halogens is 3. The van der Waals surface area contributed by atoms with Gasteiger partial charge in [-0.2, -0.15) is 22.6 Å². The lowest BCUT2D eigenvalue weighted by Gasteiger charge is -2.33. The SMILES string of the molecule is CS(=O)(=O)N1CCc2c(c(-c3ccc(C(F)(F)F)c(SCCN4CCOCC4)c3)nn2CC(O)CN2CCC(Oc3ncccn3)CC2)C1. The van der Waals surface area contributed by atoms with Gasteiger partial charge in [-0.25, -0.2) is 18.4 Å². The number of sulfonamides is 1. The fourth-order valence-electron chi connectivity index (χ4n) is 6.53. The van der Waals surface area contributed by atoms with Crippen LogP contribution in [0.5, 0.6) is 6.01 Å². The van der Waals surface area contributed by atoms with E-state index in [1.165, 1.54) is 16.4 Å². The molecule has 0 saturated carbocycles. The Bertz CT molecular complexity index is 1670. The number of likely N-dealkylation sites (tertiary alicyclic amines) is 1. The molecule has 2 aromatic heterocycles. The van der Waals surface area contributed by atoms with Gasteiger partial charge in [0.05, 0.1) is 43.4 Å². The van der Waals surface area contributed by atoms with E-state index in [1.54, 1.807) is 23.1 Å². The van der Waals surface area contributed by atoms with Crippen LogP contribution in [0.4, 0.5) is 13.2 Å². The lowest BCUT2D eigenvalue weighted by atomic mass is 10.0. The molecule has 49 heavy (non-hydrogen) atoms. The Balaban J connectivity index is 1.19. The van der Waals surface area contributed by atoms with Crippen molar-refractivity contribution in [3.63, 3.8) is 0 Å². The number of benzene rings is 1. The highest BCUT2D eigenvalue weighted by atomic mass is 32.2. The van der Waals surface area contributed by atoms with Crippen LogP contribution in [0.2, 0.25) is 0 Å². The standard InChI is InChI=1S/C32H42F3N7O5S2/c1-49(44,45)41-12-7-28-26(22-41)30(23-3-4-27(32(33,34)35)29(19-23)48-18-15-39-13-16-46-17-14-39)38-42(28)21-24(43)20-40-10-5-25(6-11-40)47-31-36-8-2-9-37-31/h2-4,8-9,19,24-25,43H,5-7,10-18,20-22H2,1H3. The van der Waals surface area contributed by atoms with Crippen LogP contribution in [0.1, 0.15) is 29.7 Å². The van der Waals surface area contributed by atoms with Gasteiger partial charge >= 0.3 is 12.2 Å². The molecule has 1 unspecified atom stereocenters. The highest BCUT2D eigenvalue weighted by Crippen LogP contribution is 2.40. The summed E-state index contributed by atoms with van der Waals surface area (Å²) in [5, 5.41) is 16.0. The van der Waals surface area contributed by atoms with Gasteiger partial charge in [0.1, 0.15) is 6.10 Å². The average molecular weight is 726 g/mol. The predicted octanol–water partition coefficient (Wildman–Crippen LogP) is 3.01. The van der Waals surface area contributed by atoms with Gasteiger partial charge in [0.2, 0.25) is 10.0 Å². The van der Waals surface area contributed by atoms with Gasteiger partial charge in [0.25, 0.3) is 0 Å². The van der Waals surface area contributed by atoms with E-state index < -0.39 is 27.9 Å². The largest absolute Gasteiger partial charge is 0.460 e. The second-order valence-corrected chi connectivity index (χ2v) is 15.7. The zero-order valence-corrected chi connectivity index (χ0v) is 29.0. The summed E-state index contributed by atoms with van der Waals surface area (Å²) < 4.78 is 81.7. The van der Waals surface area contributed by atoms with Crippen LogP contribution in [0, 0.1) is 0 Å². The number of aromatic nitrogens is 4. The number of aliphatic hydroxyl groups excluding tert-OH is 1. The number of nitrogens with zero attached hydrogens (tertiary/aromatic N) is 7. The van der Waals surface area contributed by atoms with Gasteiger partial charge in [-0.1, -0.05) is 6.07 Å². The predicted molar refractivity (Wildman–Crippen MR) is 178 cm³/mol.